The number of aliphatic hydroxyl groups excluding tert-OH is 1. The molecule has 1 aromatic heterocycles. The maximum absolute atomic E-state index is 11.8. The molecule has 6 heteroatoms. The average molecular weight is 279 g/mol. The minimum atomic E-state index is -0.755. The molecule has 0 aliphatic heterocycles. The Morgan fingerprint density at radius 3 is 2.65 bits per heavy atom. The molecule has 110 valence electrons. The molecule has 0 saturated heterocycles. The molecule has 0 radical (unpaired) electrons. The van der Waals surface area contributed by atoms with E-state index < -0.39 is 12.1 Å². The molecule has 2 saturated carbocycles. The first-order chi connectivity index (χ1) is 9.65. The maximum atomic E-state index is 11.8. The molecule has 6 nitrogen and oxygen atoms in total. The predicted octanol–water partition coefficient (Wildman–Crippen LogP) is 1.68. The lowest BCUT2D eigenvalue weighted by molar-refractivity contribution is -0.124. The Labute approximate surface area is 117 Å². The molecule has 1 aromatic rings. The first kappa shape index (κ1) is 13.5. The minimum absolute atomic E-state index is 0.0310. The highest BCUT2D eigenvalue weighted by Crippen LogP contribution is 2.33. The zero-order valence-electron chi connectivity index (χ0n) is 11.7. The molecule has 2 N–H and O–H groups in total. The van der Waals surface area contributed by atoms with Gasteiger partial charge in [-0.15, -0.1) is 0 Å². The molecule has 2 atom stereocenters. The van der Waals surface area contributed by atoms with Crippen molar-refractivity contribution in [2.45, 2.75) is 63.5 Å². The van der Waals surface area contributed by atoms with Crippen LogP contribution < -0.4 is 5.32 Å². The standard InChI is InChI=1S/C14H21N3O3/c1-8(18)11(15-13(19)10-6-7-10)14-16-12(17-20-14)9-4-2-3-5-9/h8-11,18H,2-7H2,1H3,(H,15,19)/t8-,11+/m1/s1. The van der Waals surface area contributed by atoms with Gasteiger partial charge in [0.25, 0.3) is 5.89 Å². The number of aliphatic hydroxyl groups is 1. The summed E-state index contributed by atoms with van der Waals surface area (Å²) in [6.07, 6.45) is 5.68. The van der Waals surface area contributed by atoms with Crippen LogP contribution in [0.25, 0.3) is 0 Å². The van der Waals surface area contributed by atoms with Crippen molar-refractivity contribution in [3.8, 4) is 0 Å². The van der Waals surface area contributed by atoms with Gasteiger partial charge in [0.1, 0.15) is 6.04 Å². The molecule has 2 aliphatic rings. The molecule has 20 heavy (non-hydrogen) atoms. The summed E-state index contributed by atoms with van der Waals surface area (Å²) in [5.41, 5.74) is 0. The smallest absolute Gasteiger partial charge is 0.251 e. The quantitative estimate of drug-likeness (QED) is 0.856. The van der Waals surface area contributed by atoms with Gasteiger partial charge < -0.3 is 14.9 Å². The van der Waals surface area contributed by atoms with Crippen LogP contribution in [0.2, 0.25) is 0 Å². The highest BCUT2D eigenvalue weighted by Gasteiger charge is 2.34. The van der Waals surface area contributed by atoms with Gasteiger partial charge in [-0.05, 0) is 32.6 Å². The number of hydrogen-bond acceptors (Lipinski definition) is 5. The Hall–Kier alpha value is -1.43. The number of aromatic nitrogens is 2. The van der Waals surface area contributed by atoms with Gasteiger partial charge in [-0.3, -0.25) is 4.79 Å². The molecular formula is C14H21N3O3. The number of amides is 1. The number of carbonyl (C=O) groups excluding carboxylic acids is 1. The van der Waals surface area contributed by atoms with E-state index in [0.29, 0.717) is 17.6 Å². The lowest BCUT2D eigenvalue weighted by Crippen LogP contribution is -2.36. The van der Waals surface area contributed by atoms with E-state index >= 15 is 0 Å². The van der Waals surface area contributed by atoms with Crippen LogP contribution in [0.1, 0.15) is 69.1 Å². The fourth-order valence-corrected chi connectivity index (χ4v) is 2.73. The summed E-state index contributed by atoms with van der Waals surface area (Å²) in [5, 5.41) is 16.7. The Morgan fingerprint density at radius 1 is 1.35 bits per heavy atom. The van der Waals surface area contributed by atoms with Crippen molar-refractivity contribution in [2.24, 2.45) is 5.92 Å². The first-order valence-corrected chi connectivity index (χ1v) is 7.47. The van der Waals surface area contributed by atoms with Crippen molar-refractivity contribution in [2.75, 3.05) is 0 Å². The molecule has 1 heterocycles. The van der Waals surface area contributed by atoms with Crippen LogP contribution in [0.3, 0.4) is 0 Å². The van der Waals surface area contributed by atoms with Gasteiger partial charge in [0.15, 0.2) is 5.82 Å². The molecule has 0 spiro atoms. The second-order valence-corrected chi connectivity index (χ2v) is 5.97. The van der Waals surface area contributed by atoms with Crippen LogP contribution in [-0.4, -0.2) is 27.3 Å². The second kappa shape index (κ2) is 5.52. The molecule has 3 rings (SSSR count). The highest BCUT2D eigenvalue weighted by molar-refractivity contribution is 5.81. The number of rotatable bonds is 5. The molecule has 1 amide bonds. The Bertz CT molecular complexity index is 476. The summed E-state index contributed by atoms with van der Waals surface area (Å²) >= 11 is 0. The first-order valence-electron chi connectivity index (χ1n) is 7.47. The summed E-state index contributed by atoms with van der Waals surface area (Å²) in [7, 11) is 0. The van der Waals surface area contributed by atoms with Crippen molar-refractivity contribution >= 4 is 5.91 Å². The summed E-state index contributed by atoms with van der Waals surface area (Å²) < 4.78 is 5.27. The van der Waals surface area contributed by atoms with E-state index in [1.165, 1.54) is 12.8 Å². The Kier molecular flexibility index (Phi) is 3.74. The van der Waals surface area contributed by atoms with E-state index in [4.69, 9.17) is 4.52 Å². The molecule has 2 fully saturated rings. The van der Waals surface area contributed by atoms with Crippen molar-refractivity contribution in [3.05, 3.63) is 11.7 Å². The third kappa shape index (κ3) is 2.85. The van der Waals surface area contributed by atoms with Crippen LogP contribution in [0.5, 0.6) is 0 Å². The topological polar surface area (TPSA) is 88.2 Å². The normalized spacial score (nSPS) is 22.7. The number of hydrogen-bond donors (Lipinski definition) is 2. The summed E-state index contributed by atoms with van der Waals surface area (Å²) in [6.45, 7) is 1.62. The lowest BCUT2D eigenvalue weighted by atomic mass is 10.1. The summed E-state index contributed by atoms with van der Waals surface area (Å²) in [4.78, 5) is 16.2. The number of nitrogens with one attached hydrogen (secondary N) is 1. The molecular weight excluding hydrogens is 258 g/mol. The van der Waals surface area contributed by atoms with E-state index in [0.717, 1.165) is 25.7 Å². The molecule has 0 unspecified atom stereocenters. The number of carbonyl (C=O) groups is 1. The van der Waals surface area contributed by atoms with Gasteiger partial charge in [-0.1, -0.05) is 18.0 Å². The zero-order valence-corrected chi connectivity index (χ0v) is 11.7. The van der Waals surface area contributed by atoms with E-state index in [1.54, 1.807) is 6.92 Å². The van der Waals surface area contributed by atoms with Gasteiger partial charge in [0.05, 0.1) is 6.10 Å². The Morgan fingerprint density at radius 2 is 2.05 bits per heavy atom. The van der Waals surface area contributed by atoms with Crippen molar-refractivity contribution in [1.29, 1.82) is 0 Å². The zero-order chi connectivity index (χ0) is 14.1. The Balaban J connectivity index is 1.71. The van der Waals surface area contributed by atoms with Crippen molar-refractivity contribution in [1.82, 2.24) is 15.5 Å². The van der Waals surface area contributed by atoms with E-state index in [9.17, 15) is 9.90 Å². The lowest BCUT2D eigenvalue weighted by Gasteiger charge is -2.17. The van der Waals surface area contributed by atoms with Crippen LogP contribution in [0.4, 0.5) is 0 Å². The fourth-order valence-electron chi connectivity index (χ4n) is 2.73. The maximum Gasteiger partial charge on any atom is 0.251 e. The van der Waals surface area contributed by atoms with Gasteiger partial charge in [0, 0.05) is 11.8 Å². The second-order valence-electron chi connectivity index (χ2n) is 5.97. The van der Waals surface area contributed by atoms with E-state index in [-0.39, 0.29) is 11.8 Å². The van der Waals surface area contributed by atoms with E-state index in [2.05, 4.69) is 15.5 Å². The van der Waals surface area contributed by atoms with Gasteiger partial charge in [0.2, 0.25) is 5.91 Å². The van der Waals surface area contributed by atoms with Crippen LogP contribution in [0.15, 0.2) is 4.52 Å². The summed E-state index contributed by atoms with van der Waals surface area (Å²) in [5.74, 6) is 1.45. The van der Waals surface area contributed by atoms with Crippen LogP contribution in [-0.2, 0) is 4.79 Å². The largest absolute Gasteiger partial charge is 0.391 e. The van der Waals surface area contributed by atoms with E-state index in [1.807, 2.05) is 0 Å². The third-order valence-electron chi connectivity index (χ3n) is 4.17. The third-order valence-corrected chi connectivity index (χ3v) is 4.17. The van der Waals surface area contributed by atoms with Gasteiger partial charge >= 0.3 is 0 Å². The van der Waals surface area contributed by atoms with Crippen molar-refractivity contribution < 1.29 is 14.4 Å². The predicted molar refractivity (Wildman–Crippen MR) is 70.8 cm³/mol. The van der Waals surface area contributed by atoms with Crippen LogP contribution in [0, 0.1) is 5.92 Å². The highest BCUT2D eigenvalue weighted by atomic mass is 16.5. The van der Waals surface area contributed by atoms with Crippen LogP contribution >= 0.6 is 0 Å². The number of nitrogens with zero attached hydrogens (tertiary/aromatic N) is 2. The minimum Gasteiger partial charge on any atom is -0.391 e. The fraction of sp³-hybridized carbons (Fsp3) is 0.786. The van der Waals surface area contributed by atoms with Gasteiger partial charge in [-0.25, -0.2) is 0 Å². The van der Waals surface area contributed by atoms with Crippen molar-refractivity contribution in [3.63, 3.8) is 0 Å². The molecule has 0 bridgehead atoms. The molecule has 0 aromatic carbocycles. The molecule has 2 aliphatic carbocycles. The summed E-state index contributed by atoms with van der Waals surface area (Å²) in [6, 6.07) is -0.606. The SMILES string of the molecule is C[C@@H](O)[C@H](NC(=O)C1CC1)c1nc(C2CCCC2)no1. The van der Waals surface area contributed by atoms with Gasteiger partial charge in [-0.2, -0.15) is 4.98 Å². The monoisotopic (exact) mass is 279 g/mol. The average Bonchev–Trinajstić information content (AvgIpc) is 2.93.